The predicted octanol–water partition coefficient (Wildman–Crippen LogP) is 3.15. The van der Waals surface area contributed by atoms with Crippen molar-refractivity contribution in [3.05, 3.63) is 29.8 Å². The first-order valence-corrected chi connectivity index (χ1v) is 8.18. The maximum atomic E-state index is 12.0. The van der Waals surface area contributed by atoms with E-state index in [0.717, 1.165) is 30.5 Å². The zero-order valence-corrected chi connectivity index (χ0v) is 14.2. The lowest BCUT2D eigenvalue weighted by Crippen LogP contribution is -2.39. The second-order valence-corrected chi connectivity index (χ2v) is 5.46. The Morgan fingerprint density at radius 3 is 2.32 bits per heavy atom. The lowest BCUT2D eigenvalue weighted by molar-refractivity contribution is -0.125. The normalized spacial score (nSPS) is 10.6. The molecule has 0 saturated heterocycles. The predicted molar refractivity (Wildman–Crippen MR) is 90.9 cm³/mol. The minimum atomic E-state index is -0.00215. The molecule has 0 radical (unpaired) electrons. The number of hydrogen-bond acceptors (Lipinski definition) is 2. The van der Waals surface area contributed by atoms with Crippen molar-refractivity contribution in [1.82, 2.24) is 5.32 Å². The van der Waals surface area contributed by atoms with Crippen LogP contribution in [0.2, 0.25) is 0 Å². The molecule has 0 fully saturated rings. The highest BCUT2D eigenvalue weighted by atomic mass is 16.2. The maximum Gasteiger partial charge on any atom is 0.223 e. The summed E-state index contributed by atoms with van der Waals surface area (Å²) in [4.78, 5) is 25.7. The van der Waals surface area contributed by atoms with Gasteiger partial charge in [0.15, 0.2) is 0 Å². The van der Waals surface area contributed by atoms with Gasteiger partial charge in [0.25, 0.3) is 0 Å². The van der Waals surface area contributed by atoms with Crippen LogP contribution in [0, 0.1) is 5.92 Å². The van der Waals surface area contributed by atoms with Crippen molar-refractivity contribution in [2.24, 2.45) is 5.92 Å². The van der Waals surface area contributed by atoms with Crippen LogP contribution in [0.4, 0.5) is 5.69 Å². The lowest BCUT2D eigenvalue weighted by Gasteiger charge is -2.24. The monoisotopic (exact) mass is 304 g/mol. The number of amides is 2. The minimum Gasteiger partial charge on any atom is -0.354 e. The van der Waals surface area contributed by atoms with Crippen LogP contribution in [0.3, 0.4) is 0 Å². The van der Waals surface area contributed by atoms with Gasteiger partial charge in [-0.2, -0.15) is 0 Å². The topological polar surface area (TPSA) is 49.4 Å². The van der Waals surface area contributed by atoms with Crippen molar-refractivity contribution in [3.63, 3.8) is 0 Å². The van der Waals surface area contributed by atoms with Gasteiger partial charge in [0, 0.05) is 31.6 Å². The highest BCUT2D eigenvalue weighted by Gasteiger charge is 2.16. The van der Waals surface area contributed by atoms with Crippen LogP contribution in [-0.2, 0) is 16.0 Å². The van der Waals surface area contributed by atoms with E-state index in [1.54, 1.807) is 11.8 Å². The number of rotatable bonds is 8. The van der Waals surface area contributed by atoms with Crippen LogP contribution >= 0.6 is 0 Å². The first kappa shape index (κ1) is 18.2. The summed E-state index contributed by atoms with van der Waals surface area (Å²) in [6.45, 7) is 8.66. The molecule has 0 aliphatic carbocycles. The number of benzene rings is 1. The second-order valence-electron chi connectivity index (χ2n) is 5.46. The molecule has 0 atom stereocenters. The van der Waals surface area contributed by atoms with Crippen molar-refractivity contribution >= 4 is 17.5 Å². The summed E-state index contributed by atoms with van der Waals surface area (Å²) in [5.74, 6) is 0.142. The largest absolute Gasteiger partial charge is 0.354 e. The van der Waals surface area contributed by atoms with Gasteiger partial charge in [0.2, 0.25) is 11.8 Å². The lowest BCUT2D eigenvalue weighted by atomic mass is 10.0. The average molecular weight is 304 g/mol. The van der Waals surface area contributed by atoms with E-state index in [2.05, 4.69) is 12.2 Å². The van der Waals surface area contributed by atoms with Gasteiger partial charge in [-0.25, -0.2) is 0 Å². The molecule has 0 aromatic heterocycles. The highest BCUT2D eigenvalue weighted by Crippen LogP contribution is 2.20. The van der Waals surface area contributed by atoms with Gasteiger partial charge in [-0.3, -0.25) is 9.59 Å². The number of carbonyl (C=O) groups is 2. The number of hydrogen-bond donors (Lipinski definition) is 1. The van der Waals surface area contributed by atoms with Gasteiger partial charge < -0.3 is 10.2 Å². The van der Waals surface area contributed by atoms with Gasteiger partial charge in [0.05, 0.1) is 0 Å². The fourth-order valence-electron chi connectivity index (χ4n) is 2.62. The Balaban J connectivity index is 2.70. The van der Waals surface area contributed by atoms with Gasteiger partial charge in [-0.05, 0) is 30.9 Å². The van der Waals surface area contributed by atoms with E-state index in [4.69, 9.17) is 0 Å². The number of para-hydroxylation sites is 1. The fourth-order valence-corrected chi connectivity index (χ4v) is 2.62. The van der Waals surface area contributed by atoms with Gasteiger partial charge >= 0.3 is 0 Å². The van der Waals surface area contributed by atoms with Gasteiger partial charge in [-0.1, -0.05) is 39.0 Å². The SMILES string of the molecule is CCc1ccccc1N(CCNC(=O)C(CC)CC)C(C)=O. The van der Waals surface area contributed by atoms with E-state index in [-0.39, 0.29) is 17.7 Å². The average Bonchev–Trinajstić information content (AvgIpc) is 2.52. The number of nitrogens with zero attached hydrogens (tertiary/aromatic N) is 1. The third-order valence-corrected chi connectivity index (χ3v) is 4.03. The number of carbonyl (C=O) groups excluding carboxylic acids is 2. The van der Waals surface area contributed by atoms with Crippen LogP contribution in [0.15, 0.2) is 24.3 Å². The Kier molecular flexibility index (Phi) is 7.64. The van der Waals surface area contributed by atoms with E-state index >= 15 is 0 Å². The van der Waals surface area contributed by atoms with E-state index in [1.807, 2.05) is 38.1 Å². The van der Waals surface area contributed by atoms with E-state index < -0.39 is 0 Å². The van der Waals surface area contributed by atoms with E-state index in [1.165, 1.54) is 0 Å². The molecule has 0 spiro atoms. The Bertz CT molecular complexity index is 496. The summed E-state index contributed by atoms with van der Waals surface area (Å²) in [5, 5.41) is 2.94. The Morgan fingerprint density at radius 2 is 1.77 bits per heavy atom. The molecule has 1 rings (SSSR count). The second kappa shape index (κ2) is 9.23. The molecular weight excluding hydrogens is 276 g/mol. The molecule has 122 valence electrons. The maximum absolute atomic E-state index is 12.0. The molecule has 4 nitrogen and oxygen atoms in total. The Morgan fingerprint density at radius 1 is 1.14 bits per heavy atom. The van der Waals surface area contributed by atoms with Crippen molar-refractivity contribution in [2.45, 2.75) is 47.0 Å². The smallest absolute Gasteiger partial charge is 0.223 e. The van der Waals surface area contributed by atoms with E-state index in [9.17, 15) is 9.59 Å². The molecule has 1 aromatic rings. The molecule has 0 heterocycles. The Hall–Kier alpha value is -1.84. The summed E-state index contributed by atoms with van der Waals surface area (Å²) in [5.41, 5.74) is 2.08. The van der Waals surface area contributed by atoms with Crippen LogP contribution in [0.25, 0.3) is 0 Å². The molecule has 22 heavy (non-hydrogen) atoms. The zero-order valence-electron chi connectivity index (χ0n) is 14.2. The summed E-state index contributed by atoms with van der Waals surface area (Å²) in [6.07, 6.45) is 2.56. The van der Waals surface area contributed by atoms with Crippen LogP contribution < -0.4 is 10.2 Å². The Labute approximate surface area is 133 Å². The number of anilines is 1. The minimum absolute atomic E-state index is 0.00215. The van der Waals surface area contributed by atoms with Gasteiger partial charge in [0.1, 0.15) is 0 Å². The molecule has 2 amide bonds. The molecule has 0 aliphatic heterocycles. The molecule has 1 aromatic carbocycles. The molecule has 0 unspecified atom stereocenters. The fraction of sp³-hybridized carbons (Fsp3) is 0.556. The van der Waals surface area contributed by atoms with Crippen molar-refractivity contribution in [1.29, 1.82) is 0 Å². The van der Waals surface area contributed by atoms with Crippen LogP contribution in [0.5, 0.6) is 0 Å². The van der Waals surface area contributed by atoms with Crippen molar-refractivity contribution < 1.29 is 9.59 Å². The summed E-state index contributed by atoms with van der Waals surface area (Å²) in [6, 6.07) is 7.92. The van der Waals surface area contributed by atoms with E-state index in [0.29, 0.717) is 13.1 Å². The molecule has 0 saturated carbocycles. The first-order valence-electron chi connectivity index (χ1n) is 8.18. The number of aryl methyl sites for hydroxylation is 1. The van der Waals surface area contributed by atoms with Gasteiger partial charge in [-0.15, -0.1) is 0 Å². The van der Waals surface area contributed by atoms with Crippen LogP contribution in [0.1, 0.15) is 46.1 Å². The first-order chi connectivity index (χ1) is 10.5. The number of nitrogens with one attached hydrogen (secondary N) is 1. The highest BCUT2D eigenvalue weighted by molar-refractivity contribution is 5.92. The standard InChI is InChI=1S/C18H28N2O2/c1-5-15(6-2)18(22)19-12-13-20(14(4)21)17-11-9-8-10-16(17)7-3/h8-11,15H,5-7,12-13H2,1-4H3,(H,19,22). The van der Waals surface area contributed by atoms with Crippen LogP contribution in [-0.4, -0.2) is 24.9 Å². The van der Waals surface area contributed by atoms with Crippen molar-refractivity contribution in [2.75, 3.05) is 18.0 Å². The summed E-state index contributed by atoms with van der Waals surface area (Å²) in [7, 11) is 0. The quantitative estimate of drug-likeness (QED) is 0.802. The summed E-state index contributed by atoms with van der Waals surface area (Å²) >= 11 is 0. The van der Waals surface area contributed by atoms with Crippen molar-refractivity contribution in [3.8, 4) is 0 Å². The zero-order chi connectivity index (χ0) is 16.5. The molecule has 0 bridgehead atoms. The third kappa shape index (κ3) is 4.86. The molecular formula is C18H28N2O2. The summed E-state index contributed by atoms with van der Waals surface area (Å²) < 4.78 is 0. The molecule has 0 aliphatic rings. The molecule has 4 heteroatoms. The molecule has 1 N–H and O–H groups in total. The third-order valence-electron chi connectivity index (χ3n) is 4.03.